The lowest BCUT2D eigenvalue weighted by Gasteiger charge is -2.35. The number of carbonyl (C=O) groups is 2. The van der Waals surface area contributed by atoms with Gasteiger partial charge >= 0.3 is 5.97 Å². The smallest absolute Gasteiger partial charge is 0.308 e. The number of carboxylic acids is 1. The van der Waals surface area contributed by atoms with Crippen LogP contribution in [0.25, 0.3) is 0 Å². The van der Waals surface area contributed by atoms with Gasteiger partial charge in [0.15, 0.2) is 11.5 Å². The number of methoxy groups -OCH3 is 1. The number of aryl methyl sites for hydroxylation is 2. The molecule has 2 aromatic carbocycles. The minimum Gasteiger partial charge on any atom is -0.493 e. The second-order valence-electron chi connectivity index (χ2n) is 12.1. The molecule has 2 aliphatic heterocycles. The van der Waals surface area contributed by atoms with E-state index in [0.717, 1.165) is 31.2 Å². The molecule has 0 bridgehead atoms. The fourth-order valence-corrected chi connectivity index (χ4v) is 6.95. The van der Waals surface area contributed by atoms with E-state index in [2.05, 4.69) is 23.8 Å². The monoisotopic (exact) mass is 634 g/mol. The van der Waals surface area contributed by atoms with Gasteiger partial charge in [0.1, 0.15) is 11.6 Å². The number of carboxylic acid groups (broad SMARTS) is 1. The maximum atomic E-state index is 14.4. The number of carbonyl (C=O) groups excluding carboxylic acids is 1. The number of ether oxygens (including phenoxy) is 3. The normalized spacial score (nSPS) is 19.0. The third-order valence-electron chi connectivity index (χ3n) is 9.06. The first-order chi connectivity index (χ1) is 22.2. The molecule has 0 spiro atoms. The van der Waals surface area contributed by atoms with Crippen molar-refractivity contribution in [3.05, 3.63) is 71.6 Å². The van der Waals surface area contributed by atoms with Crippen molar-refractivity contribution in [2.75, 3.05) is 31.9 Å². The highest BCUT2D eigenvalue weighted by molar-refractivity contribution is 5.95. The summed E-state index contributed by atoms with van der Waals surface area (Å²) >= 11 is 0. The predicted molar refractivity (Wildman–Crippen MR) is 171 cm³/mol. The number of aromatic nitrogens is 2. The number of amides is 1. The molecule has 0 saturated carbocycles. The Morgan fingerprint density at radius 1 is 1.13 bits per heavy atom. The maximum Gasteiger partial charge on any atom is 0.308 e. The number of rotatable bonds is 14. The molecule has 46 heavy (non-hydrogen) atoms. The van der Waals surface area contributed by atoms with Crippen LogP contribution in [0.2, 0.25) is 0 Å². The highest BCUT2D eigenvalue weighted by atomic mass is 19.1. The van der Waals surface area contributed by atoms with Crippen molar-refractivity contribution in [1.82, 2.24) is 14.9 Å². The summed E-state index contributed by atoms with van der Waals surface area (Å²) in [5, 5.41) is 10.7. The third kappa shape index (κ3) is 7.09. The van der Waals surface area contributed by atoms with E-state index in [1.807, 2.05) is 21.9 Å². The summed E-state index contributed by atoms with van der Waals surface area (Å²) in [5.74, 6) is -0.635. The Morgan fingerprint density at radius 3 is 2.52 bits per heavy atom. The molecule has 246 valence electrons. The van der Waals surface area contributed by atoms with Crippen LogP contribution in [-0.4, -0.2) is 70.9 Å². The van der Waals surface area contributed by atoms with E-state index < -0.39 is 23.8 Å². The van der Waals surface area contributed by atoms with Crippen molar-refractivity contribution in [2.45, 2.75) is 77.3 Å². The second kappa shape index (κ2) is 14.9. The molecule has 11 heteroatoms. The predicted octanol–water partition coefficient (Wildman–Crippen LogP) is 5.76. The summed E-state index contributed by atoms with van der Waals surface area (Å²) in [7, 11) is 1.53. The number of nitrogens with zero attached hydrogens (tertiary/aromatic N) is 4. The zero-order chi connectivity index (χ0) is 32.8. The maximum absolute atomic E-state index is 14.4. The van der Waals surface area contributed by atoms with E-state index in [1.54, 1.807) is 37.5 Å². The number of aliphatic carboxylic acids is 1. The van der Waals surface area contributed by atoms with Crippen LogP contribution in [0.5, 0.6) is 17.2 Å². The molecule has 0 radical (unpaired) electrons. The molecule has 1 saturated heterocycles. The molecular weight excluding hydrogens is 591 g/mol. The highest BCUT2D eigenvalue weighted by Crippen LogP contribution is 2.47. The molecule has 2 aliphatic rings. The standard InChI is InChI=1S/C35H43FN4O6/c1-5-8-24(9-6-2)40(25-10-11-27(36)22(3)16-25)32(41)20-39-19-26(23-17-29(44-4)34-30(18-23)45-21-46-34)33(35(42)43)28(39)12-13-31-37-14-7-15-38-31/h7,10-11,14-18,24,26,28,33H,5-6,8-9,12-13,19-21H2,1-4H3,(H,42,43). The van der Waals surface area contributed by atoms with Crippen LogP contribution in [0.1, 0.15) is 68.8 Å². The van der Waals surface area contributed by atoms with Gasteiger partial charge in [-0.25, -0.2) is 14.4 Å². The summed E-state index contributed by atoms with van der Waals surface area (Å²) in [6, 6.07) is 9.60. The largest absolute Gasteiger partial charge is 0.493 e. The molecule has 1 N–H and O–H groups in total. The van der Waals surface area contributed by atoms with Gasteiger partial charge in [-0.15, -0.1) is 0 Å². The van der Waals surface area contributed by atoms with E-state index in [1.165, 1.54) is 13.2 Å². The number of likely N-dealkylation sites (tertiary alicyclic amines) is 1. The molecule has 1 aromatic heterocycles. The second-order valence-corrected chi connectivity index (χ2v) is 12.1. The average molecular weight is 635 g/mol. The van der Waals surface area contributed by atoms with Crippen molar-refractivity contribution >= 4 is 17.6 Å². The Kier molecular flexibility index (Phi) is 10.7. The lowest BCUT2D eigenvalue weighted by atomic mass is 9.83. The van der Waals surface area contributed by atoms with E-state index in [9.17, 15) is 19.1 Å². The molecule has 3 atom stereocenters. The first-order valence-corrected chi connectivity index (χ1v) is 16.0. The summed E-state index contributed by atoms with van der Waals surface area (Å²) in [6.07, 6.45) is 7.57. The molecule has 10 nitrogen and oxygen atoms in total. The Morgan fingerprint density at radius 2 is 1.87 bits per heavy atom. The minimum atomic E-state index is -0.948. The van der Waals surface area contributed by atoms with Gasteiger partial charge in [0.05, 0.1) is 19.6 Å². The summed E-state index contributed by atoms with van der Waals surface area (Å²) in [4.78, 5) is 40.0. The van der Waals surface area contributed by atoms with E-state index in [4.69, 9.17) is 14.2 Å². The van der Waals surface area contributed by atoms with Crippen LogP contribution in [0.15, 0.2) is 48.8 Å². The number of halogens is 1. The topological polar surface area (TPSA) is 114 Å². The van der Waals surface area contributed by atoms with Crippen molar-refractivity contribution < 1.29 is 33.3 Å². The van der Waals surface area contributed by atoms with Crippen LogP contribution in [0.4, 0.5) is 10.1 Å². The lowest BCUT2D eigenvalue weighted by Crippen LogP contribution is -2.48. The Bertz CT molecular complexity index is 1520. The first-order valence-electron chi connectivity index (χ1n) is 16.0. The molecule has 1 fully saturated rings. The van der Waals surface area contributed by atoms with Crippen LogP contribution >= 0.6 is 0 Å². The van der Waals surface area contributed by atoms with E-state index in [-0.39, 0.29) is 31.1 Å². The van der Waals surface area contributed by atoms with Crippen LogP contribution in [0, 0.1) is 18.7 Å². The summed E-state index contributed by atoms with van der Waals surface area (Å²) < 4.78 is 31.1. The number of fused-ring (bicyclic) bond motifs is 1. The van der Waals surface area contributed by atoms with E-state index in [0.29, 0.717) is 53.7 Å². The number of hydrogen-bond donors (Lipinski definition) is 1. The Balaban J connectivity index is 1.52. The molecule has 3 heterocycles. The van der Waals surface area contributed by atoms with Crippen LogP contribution < -0.4 is 19.1 Å². The zero-order valence-corrected chi connectivity index (χ0v) is 26.9. The summed E-state index contributed by atoms with van der Waals surface area (Å²) in [6.45, 7) is 6.25. The van der Waals surface area contributed by atoms with Gasteiger partial charge < -0.3 is 24.2 Å². The Labute approximate surface area is 269 Å². The molecule has 1 amide bonds. The molecule has 0 aliphatic carbocycles. The number of anilines is 1. The third-order valence-corrected chi connectivity index (χ3v) is 9.06. The van der Waals surface area contributed by atoms with Gasteiger partial charge in [-0.05, 0) is 73.7 Å². The van der Waals surface area contributed by atoms with Gasteiger partial charge in [-0.1, -0.05) is 26.7 Å². The lowest BCUT2D eigenvalue weighted by molar-refractivity contribution is -0.143. The van der Waals surface area contributed by atoms with Gasteiger partial charge in [0.2, 0.25) is 18.4 Å². The van der Waals surface area contributed by atoms with Crippen LogP contribution in [0.3, 0.4) is 0 Å². The minimum absolute atomic E-state index is 0.00261. The molecule has 3 unspecified atom stereocenters. The van der Waals surface area contributed by atoms with Crippen molar-refractivity contribution in [3.63, 3.8) is 0 Å². The van der Waals surface area contributed by atoms with Crippen molar-refractivity contribution in [1.29, 1.82) is 0 Å². The average Bonchev–Trinajstić information content (AvgIpc) is 3.67. The molecular formula is C35H43FN4O6. The quantitative estimate of drug-likeness (QED) is 0.236. The fourth-order valence-electron chi connectivity index (χ4n) is 6.95. The SMILES string of the molecule is CCCC(CCC)N(C(=O)CN1CC(c2cc(OC)c3c(c2)OCO3)C(C(=O)O)C1CCc1ncccn1)c1ccc(F)c(C)c1. The number of benzene rings is 2. The van der Waals surface area contributed by atoms with Gasteiger partial charge in [-0.2, -0.15) is 0 Å². The highest BCUT2D eigenvalue weighted by Gasteiger charge is 2.48. The zero-order valence-electron chi connectivity index (χ0n) is 26.9. The summed E-state index contributed by atoms with van der Waals surface area (Å²) in [5.41, 5.74) is 1.85. The van der Waals surface area contributed by atoms with Crippen molar-refractivity contribution in [3.8, 4) is 17.2 Å². The molecule has 5 rings (SSSR count). The van der Waals surface area contributed by atoms with E-state index >= 15 is 0 Å². The molecule has 3 aromatic rings. The van der Waals surface area contributed by atoms with Gasteiger partial charge in [-0.3, -0.25) is 14.5 Å². The van der Waals surface area contributed by atoms with Gasteiger partial charge in [0.25, 0.3) is 0 Å². The Hall–Kier alpha value is -4.25. The number of hydrogen-bond acceptors (Lipinski definition) is 8. The first kappa shape index (κ1) is 33.1. The van der Waals surface area contributed by atoms with Crippen LogP contribution in [-0.2, 0) is 16.0 Å². The van der Waals surface area contributed by atoms with Crippen molar-refractivity contribution in [2.24, 2.45) is 5.92 Å². The fraction of sp³-hybridized carbons (Fsp3) is 0.486. The van der Waals surface area contributed by atoms with Gasteiger partial charge in [0, 0.05) is 49.0 Å².